The lowest BCUT2D eigenvalue weighted by Crippen LogP contribution is -2.33. The molecule has 0 saturated heterocycles. The quantitative estimate of drug-likeness (QED) is 0.808. The van der Waals surface area contributed by atoms with Gasteiger partial charge in [-0.1, -0.05) is 25.1 Å². The number of para-hydroxylation sites is 1. The number of hydrogen-bond acceptors (Lipinski definition) is 4. The number of carbonyl (C=O) groups is 2. The molecule has 134 valence electrons. The van der Waals surface area contributed by atoms with Crippen LogP contribution < -0.4 is 10.1 Å². The minimum Gasteiger partial charge on any atom is -0.496 e. The van der Waals surface area contributed by atoms with E-state index < -0.39 is 5.91 Å². The molecule has 0 bridgehead atoms. The molecule has 0 spiro atoms. The predicted molar refractivity (Wildman–Crippen MR) is 96.9 cm³/mol. The average Bonchev–Trinajstić information content (AvgIpc) is 2.88. The Bertz CT molecular complexity index is 875. The van der Waals surface area contributed by atoms with Crippen molar-refractivity contribution < 1.29 is 18.7 Å². The van der Waals surface area contributed by atoms with Gasteiger partial charge in [0.1, 0.15) is 17.3 Å². The molecule has 1 aliphatic rings. The zero-order valence-electron chi connectivity index (χ0n) is 14.6. The highest BCUT2D eigenvalue weighted by atomic mass is 19.1. The van der Waals surface area contributed by atoms with Gasteiger partial charge in [-0.25, -0.2) is 4.39 Å². The van der Waals surface area contributed by atoms with Crippen LogP contribution in [-0.2, 0) is 9.59 Å². The van der Waals surface area contributed by atoms with Crippen LogP contribution in [0.2, 0.25) is 0 Å². The molecule has 1 heterocycles. The first kappa shape index (κ1) is 17.7. The van der Waals surface area contributed by atoms with Gasteiger partial charge in [-0.3, -0.25) is 14.5 Å². The Balaban J connectivity index is 2.11. The molecule has 5 nitrogen and oxygen atoms in total. The van der Waals surface area contributed by atoms with Crippen LogP contribution in [0.1, 0.15) is 18.9 Å². The fourth-order valence-corrected chi connectivity index (χ4v) is 2.90. The van der Waals surface area contributed by atoms with Crippen molar-refractivity contribution in [2.45, 2.75) is 13.3 Å². The minimum absolute atomic E-state index is 0.166. The van der Waals surface area contributed by atoms with E-state index in [1.165, 1.54) is 36.3 Å². The second kappa shape index (κ2) is 7.39. The lowest BCUT2D eigenvalue weighted by Gasteiger charge is -2.14. The second-order valence-corrected chi connectivity index (χ2v) is 5.84. The smallest absolute Gasteiger partial charge is 0.278 e. The van der Waals surface area contributed by atoms with Crippen LogP contribution in [-0.4, -0.2) is 30.4 Å². The molecule has 2 aromatic rings. The first-order valence-electron chi connectivity index (χ1n) is 8.33. The van der Waals surface area contributed by atoms with E-state index in [4.69, 9.17) is 4.74 Å². The van der Waals surface area contributed by atoms with E-state index in [0.717, 1.165) is 0 Å². The number of carbonyl (C=O) groups excluding carboxylic acids is 2. The Morgan fingerprint density at radius 3 is 2.38 bits per heavy atom. The van der Waals surface area contributed by atoms with E-state index in [1.54, 1.807) is 24.3 Å². The largest absolute Gasteiger partial charge is 0.496 e. The molecule has 3 rings (SSSR count). The Kier molecular flexibility index (Phi) is 5.02. The molecule has 0 unspecified atom stereocenters. The minimum atomic E-state index is -0.401. The summed E-state index contributed by atoms with van der Waals surface area (Å²) in [5.74, 6) is -0.649. The summed E-state index contributed by atoms with van der Waals surface area (Å²) in [7, 11) is 1.51. The number of halogens is 1. The molecule has 0 aromatic heterocycles. The van der Waals surface area contributed by atoms with E-state index >= 15 is 0 Å². The van der Waals surface area contributed by atoms with Crippen molar-refractivity contribution in [2.75, 3.05) is 19.0 Å². The van der Waals surface area contributed by atoms with Crippen LogP contribution in [0.5, 0.6) is 5.75 Å². The summed E-state index contributed by atoms with van der Waals surface area (Å²) in [4.78, 5) is 27.0. The van der Waals surface area contributed by atoms with E-state index in [9.17, 15) is 14.0 Å². The summed E-state index contributed by atoms with van der Waals surface area (Å²) in [6.07, 6.45) is 0.653. The molecule has 1 aliphatic heterocycles. The molecule has 26 heavy (non-hydrogen) atoms. The molecule has 0 fully saturated rings. The fraction of sp³-hybridized carbons (Fsp3) is 0.200. The first-order valence-corrected chi connectivity index (χ1v) is 8.33. The molecule has 1 N–H and O–H groups in total. The van der Waals surface area contributed by atoms with Gasteiger partial charge < -0.3 is 10.1 Å². The molecule has 2 aromatic carbocycles. The van der Waals surface area contributed by atoms with E-state index in [-0.39, 0.29) is 23.0 Å². The molecule has 0 saturated carbocycles. The zero-order chi connectivity index (χ0) is 18.7. The number of benzene rings is 2. The third-order valence-electron chi connectivity index (χ3n) is 4.11. The maximum Gasteiger partial charge on any atom is 0.278 e. The van der Waals surface area contributed by atoms with Gasteiger partial charge >= 0.3 is 0 Å². The Labute approximate surface area is 151 Å². The first-order chi connectivity index (χ1) is 12.6. The molecule has 0 aliphatic carbocycles. The van der Waals surface area contributed by atoms with Gasteiger partial charge in [0.25, 0.3) is 11.8 Å². The summed E-state index contributed by atoms with van der Waals surface area (Å²) in [5.41, 5.74) is 1.48. The Morgan fingerprint density at radius 1 is 1.04 bits per heavy atom. The summed E-state index contributed by atoms with van der Waals surface area (Å²) >= 11 is 0. The van der Waals surface area contributed by atoms with Gasteiger partial charge in [-0.15, -0.1) is 0 Å². The van der Waals surface area contributed by atoms with Crippen molar-refractivity contribution in [3.8, 4) is 5.75 Å². The van der Waals surface area contributed by atoms with Gasteiger partial charge in [0, 0.05) is 17.8 Å². The molecule has 0 radical (unpaired) electrons. The molecular weight excluding hydrogens is 335 g/mol. The number of amides is 2. The van der Waals surface area contributed by atoms with Gasteiger partial charge in [0.15, 0.2) is 0 Å². The number of methoxy groups -OCH3 is 1. The van der Waals surface area contributed by atoms with Crippen molar-refractivity contribution in [2.24, 2.45) is 0 Å². The van der Waals surface area contributed by atoms with Crippen molar-refractivity contribution in [1.29, 1.82) is 0 Å². The number of imide groups is 1. The van der Waals surface area contributed by atoms with Gasteiger partial charge in [0.05, 0.1) is 12.7 Å². The van der Waals surface area contributed by atoms with Gasteiger partial charge in [-0.2, -0.15) is 0 Å². The van der Waals surface area contributed by atoms with Crippen LogP contribution in [0, 0.1) is 5.82 Å². The Morgan fingerprint density at radius 2 is 1.73 bits per heavy atom. The summed E-state index contributed by atoms with van der Waals surface area (Å²) < 4.78 is 18.5. The molecular formula is C20H19FN2O3. The number of hydrogen-bond donors (Lipinski definition) is 1. The number of rotatable bonds is 6. The van der Waals surface area contributed by atoms with Crippen molar-refractivity contribution >= 4 is 23.1 Å². The SMILES string of the molecule is CCCN1C(=O)C(Nc2ccc(F)cc2)=C(c2ccccc2OC)C1=O. The van der Waals surface area contributed by atoms with Crippen LogP contribution in [0.25, 0.3) is 5.57 Å². The highest BCUT2D eigenvalue weighted by Gasteiger charge is 2.39. The third kappa shape index (κ3) is 3.18. The average molecular weight is 354 g/mol. The molecule has 6 heteroatoms. The highest BCUT2D eigenvalue weighted by molar-refractivity contribution is 6.37. The van der Waals surface area contributed by atoms with E-state index in [0.29, 0.717) is 30.0 Å². The lowest BCUT2D eigenvalue weighted by atomic mass is 10.0. The van der Waals surface area contributed by atoms with Crippen molar-refractivity contribution in [3.63, 3.8) is 0 Å². The number of nitrogens with one attached hydrogen (secondary N) is 1. The van der Waals surface area contributed by atoms with Crippen LogP contribution in [0.15, 0.2) is 54.2 Å². The van der Waals surface area contributed by atoms with Crippen molar-refractivity contribution in [1.82, 2.24) is 4.90 Å². The third-order valence-corrected chi connectivity index (χ3v) is 4.11. The van der Waals surface area contributed by atoms with Gasteiger partial charge in [-0.05, 0) is 36.8 Å². The maximum absolute atomic E-state index is 13.2. The summed E-state index contributed by atoms with van der Waals surface area (Å²) in [6, 6.07) is 12.7. The van der Waals surface area contributed by atoms with E-state index in [1.807, 2.05) is 6.92 Å². The van der Waals surface area contributed by atoms with Crippen LogP contribution >= 0.6 is 0 Å². The topological polar surface area (TPSA) is 58.6 Å². The standard InChI is InChI=1S/C20H19FN2O3/c1-3-12-23-19(24)17(15-6-4-5-7-16(15)26-2)18(20(23)25)22-14-10-8-13(21)9-11-14/h4-11,22H,3,12H2,1-2H3. The predicted octanol–water partition coefficient (Wildman–Crippen LogP) is 3.44. The van der Waals surface area contributed by atoms with E-state index in [2.05, 4.69) is 5.32 Å². The van der Waals surface area contributed by atoms with Crippen LogP contribution in [0.4, 0.5) is 10.1 Å². The van der Waals surface area contributed by atoms with Crippen molar-refractivity contribution in [3.05, 3.63) is 65.6 Å². The van der Waals surface area contributed by atoms with Crippen LogP contribution in [0.3, 0.4) is 0 Å². The molecule has 0 atom stereocenters. The number of anilines is 1. The maximum atomic E-state index is 13.2. The normalized spacial score (nSPS) is 14.2. The number of nitrogens with zero attached hydrogens (tertiary/aromatic N) is 1. The highest BCUT2D eigenvalue weighted by Crippen LogP contribution is 2.35. The Hall–Kier alpha value is -3.15. The summed E-state index contributed by atoms with van der Waals surface area (Å²) in [5, 5.41) is 2.98. The zero-order valence-corrected chi connectivity index (χ0v) is 14.6. The fourth-order valence-electron chi connectivity index (χ4n) is 2.90. The number of ether oxygens (including phenoxy) is 1. The monoisotopic (exact) mass is 354 g/mol. The molecule has 2 amide bonds. The van der Waals surface area contributed by atoms with Gasteiger partial charge in [0.2, 0.25) is 0 Å². The second-order valence-electron chi connectivity index (χ2n) is 5.84. The summed E-state index contributed by atoms with van der Waals surface area (Å²) in [6.45, 7) is 2.22. The lowest BCUT2D eigenvalue weighted by molar-refractivity contribution is -0.136.